The molecule has 2 N–H and O–H groups in total. The minimum atomic E-state index is -0.485. The highest BCUT2D eigenvalue weighted by atomic mass is 19.1. The van der Waals surface area contributed by atoms with Gasteiger partial charge >= 0.3 is 0 Å². The summed E-state index contributed by atoms with van der Waals surface area (Å²) in [5, 5.41) is 14.4. The Bertz CT molecular complexity index is 1090. The van der Waals surface area contributed by atoms with E-state index in [1.54, 1.807) is 42.5 Å². The van der Waals surface area contributed by atoms with E-state index in [1.165, 1.54) is 24.5 Å². The highest BCUT2D eigenvalue weighted by Crippen LogP contribution is 2.15. The Morgan fingerprint density at radius 3 is 2.45 bits per heavy atom. The summed E-state index contributed by atoms with van der Waals surface area (Å²) in [6.45, 7) is 0.242. The van der Waals surface area contributed by atoms with Gasteiger partial charge in [0.15, 0.2) is 0 Å². The molecule has 0 bridgehead atoms. The summed E-state index contributed by atoms with van der Waals surface area (Å²) in [4.78, 5) is 28.7. The number of carbonyl (C=O) groups is 2. The molecule has 1 aromatic heterocycles. The van der Waals surface area contributed by atoms with Gasteiger partial charge in [-0.15, -0.1) is 0 Å². The number of pyridine rings is 1. The van der Waals surface area contributed by atoms with Gasteiger partial charge in [0.1, 0.15) is 11.9 Å². The molecule has 0 fully saturated rings. The third-order valence-corrected chi connectivity index (χ3v) is 4.20. The lowest BCUT2D eigenvalue weighted by Crippen LogP contribution is -2.26. The molecule has 0 aliphatic carbocycles. The zero-order valence-electron chi connectivity index (χ0n) is 15.4. The molecule has 0 saturated heterocycles. The first kappa shape index (κ1) is 19.7. The average molecular weight is 388 g/mol. The van der Waals surface area contributed by atoms with Crippen LogP contribution in [-0.2, 0) is 6.42 Å². The summed E-state index contributed by atoms with van der Waals surface area (Å²) in [7, 11) is 0. The van der Waals surface area contributed by atoms with E-state index in [1.807, 2.05) is 6.07 Å². The van der Waals surface area contributed by atoms with Gasteiger partial charge in [0.05, 0.1) is 22.4 Å². The molecule has 3 rings (SSSR count). The number of benzene rings is 2. The normalized spacial score (nSPS) is 10.1. The van der Waals surface area contributed by atoms with Gasteiger partial charge in [-0.25, -0.2) is 4.39 Å². The SMILES string of the molecule is N#Cc1ccccc1NC(=O)c1cncc(C(=O)NCCc2ccccc2F)c1. The van der Waals surface area contributed by atoms with E-state index < -0.39 is 11.8 Å². The summed E-state index contributed by atoms with van der Waals surface area (Å²) in [5.74, 6) is -1.22. The number of carbonyl (C=O) groups excluding carboxylic acids is 2. The summed E-state index contributed by atoms with van der Waals surface area (Å²) in [6, 6.07) is 16.4. The summed E-state index contributed by atoms with van der Waals surface area (Å²) < 4.78 is 13.6. The molecule has 0 aliphatic rings. The van der Waals surface area contributed by atoms with Crippen molar-refractivity contribution in [3.63, 3.8) is 0 Å². The lowest BCUT2D eigenvalue weighted by Gasteiger charge is -2.09. The Kier molecular flexibility index (Phi) is 6.28. The second kappa shape index (κ2) is 9.24. The van der Waals surface area contributed by atoms with Crippen molar-refractivity contribution in [1.82, 2.24) is 10.3 Å². The summed E-state index contributed by atoms with van der Waals surface area (Å²) in [6.07, 6.45) is 3.02. The van der Waals surface area contributed by atoms with Gasteiger partial charge in [-0.05, 0) is 36.2 Å². The number of hydrogen-bond donors (Lipinski definition) is 2. The number of para-hydroxylation sites is 1. The minimum absolute atomic E-state index is 0.180. The van der Waals surface area contributed by atoms with Crippen LogP contribution in [0.1, 0.15) is 31.8 Å². The molecule has 0 radical (unpaired) electrons. The highest BCUT2D eigenvalue weighted by Gasteiger charge is 2.13. The topological polar surface area (TPSA) is 94.9 Å². The van der Waals surface area contributed by atoms with Gasteiger partial charge in [-0.1, -0.05) is 30.3 Å². The summed E-state index contributed by atoms with van der Waals surface area (Å²) in [5.41, 5.74) is 1.60. The Hall–Kier alpha value is -4.05. The first-order chi connectivity index (χ1) is 14.1. The molecule has 1 heterocycles. The van der Waals surface area contributed by atoms with Crippen molar-refractivity contribution in [3.05, 3.63) is 95.1 Å². The third-order valence-electron chi connectivity index (χ3n) is 4.20. The van der Waals surface area contributed by atoms with Crippen molar-refractivity contribution in [1.29, 1.82) is 5.26 Å². The molecule has 3 aromatic rings. The van der Waals surface area contributed by atoms with Crippen molar-refractivity contribution < 1.29 is 14.0 Å². The predicted octanol–water partition coefficient (Wildman–Crippen LogP) is 3.32. The van der Waals surface area contributed by atoms with Crippen molar-refractivity contribution in [2.24, 2.45) is 0 Å². The number of aromatic nitrogens is 1. The van der Waals surface area contributed by atoms with Gasteiger partial charge < -0.3 is 10.6 Å². The molecular weight excluding hydrogens is 371 g/mol. The maximum Gasteiger partial charge on any atom is 0.257 e. The number of rotatable bonds is 6. The molecule has 144 valence electrons. The Balaban J connectivity index is 1.64. The van der Waals surface area contributed by atoms with Gasteiger partial charge in [0.25, 0.3) is 11.8 Å². The quantitative estimate of drug-likeness (QED) is 0.677. The van der Waals surface area contributed by atoms with Crippen molar-refractivity contribution in [3.8, 4) is 6.07 Å². The molecule has 0 unspecified atom stereocenters. The van der Waals surface area contributed by atoms with Crippen LogP contribution in [0.5, 0.6) is 0 Å². The van der Waals surface area contributed by atoms with Crippen LogP contribution in [0, 0.1) is 17.1 Å². The zero-order chi connectivity index (χ0) is 20.6. The second-order valence-electron chi connectivity index (χ2n) is 6.17. The average Bonchev–Trinajstić information content (AvgIpc) is 2.75. The lowest BCUT2D eigenvalue weighted by atomic mass is 10.1. The van der Waals surface area contributed by atoms with Crippen molar-refractivity contribution >= 4 is 17.5 Å². The molecule has 6 nitrogen and oxygen atoms in total. The predicted molar refractivity (Wildman–Crippen MR) is 106 cm³/mol. The smallest absolute Gasteiger partial charge is 0.257 e. The maximum absolute atomic E-state index is 13.6. The number of hydrogen-bond acceptors (Lipinski definition) is 4. The second-order valence-corrected chi connectivity index (χ2v) is 6.17. The van der Waals surface area contributed by atoms with Crippen molar-refractivity contribution in [2.75, 3.05) is 11.9 Å². The first-order valence-electron chi connectivity index (χ1n) is 8.85. The van der Waals surface area contributed by atoms with Crippen LogP contribution >= 0.6 is 0 Å². The molecule has 0 spiro atoms. The number of halogens is 1. The van der Waals surface area contributed by atoms with Gasteiger partial charge in [-0.2, -0.15) is 5.26 Å². The number of anilines is 1. The first-order valence-corrected chi connectivity index (χ1v) is 8.85. The molecule has 2 aromatic carbocycles. The maximum atomic E-state index is 13.6. The minimum Gasteiger partial charge on any atom is -0.352 e. The van der Waals surface area contributed by atoms with Crippen LogP contribution in [0.2, 0.25) is 0 Å². The van der Waals surface area contributed by atoms with E-state index in [9.17, 15) is 14.0 Å². The highest BCUT2D eigenvalue weighted by molar-refractivity contribution is 6.06. The fourth-order valence-electron chi connectivity index (χ4n) is 2.69. The summed E-state index contributed by atoms with van der Waals surface area (Å²) >= 11 is 0. The van der Waals surface area contributed by atoms with E-state index in [-0.39, 0.29) is 23.5 Å². The molecule has 7 heteroatoms. The Labute approximate surface area is 167 Å². The fourth-order valence-corrected chi connectivity index (χ4v) is 2.69. The molecule has 29 heavy (non-hydrogen) atoms. The van der Waals surface area contributed by atoms with Crippen LogP contribution in [0.3, 0.4) is 0 Å². The standard InChI is InChI=1S/C22H17FN4O2/c23-19-7-3-1-5-15(19)9-10-26-21(28)17-11-18(14-25-13-17)22(29)27-20-8-4-2-6-16(20)12-24/h1-8,11,13-14H,9-10H2,(H,26,28)(H,27,29). The number of nitriles is 1. The van der Waals surface area contributed by atoms with Gasteiger partial charge in [0, 0.05) is 18.9 Å². The molecule has 0 saturated carbocycles. The van der Waals surface area contributed by atoms with E-state index in [4.69, 9.17) is 5.26 Å². The number of amides is 2. The van der Waals surface area contributed by atoms with Crippen LogP contribution in [0.4, 0.5) is 10.1 Å². The lowest BCUT2D eigenvalue weighted by molar-refractivity contribution is 0.0953. The Morgan fingerprint density at radius 1 is 1.00 bits per heavy atom. The zero-order valence-corrected chi connectivity index (χ0v) is 15.4. The largest absolute Gasteiger partial charge is 0.352 e. The molecular formula is C22H17FN4O2. The molecule has 0 atom stereocenters. The van der Waals surface area contributed by atoms with Crippen LogP contribution < -0.4 is 10.6 Å². The number of nitrogens with one attached hydrogen (secondary N) is 2. The third kappa shape index (κ3) is 5.02. The van der Waals surface area contributed by atoms with Crippen molar-refractivity contribution in [2.45, 2.75) is 6.42 Å². The van der Waals surface area contributed by atoms with Crippen LogP contribution in [0.15, 0.2) is 67.0 Å². The fraction of sp³-hybridized carbons (Fsp3) is 0.0909. The van der Waals surface area contributed by atoms with E-state index in [0.717, 1.165) is 0 Å². The van der Waals surface area contributed by atoms with Crippen LogP contribution in [-0.4, -0.2) is 23.3 Å². The monoisotopic (exact) mass is 388 g/mol. The van der Waals surface area contributed by atoms with Gasteiger partial charge in [0.2, 0.25) is 0 Å². The van der Waals surface area contributed by atoms with E-state index >= 15 is 0 Å². The molecule has 2 amide bonds. The van der Waals surface area contributed by atoms with Crippen LogP contribution in [0.25, 0.3) is 0 Å². The molecule has 0 aliphatic heterocycles. The number of nitrogens with zero attached hydrogens (tertiary/aromatic N) is 2. The van der Waals surface area contributed by atoms with E-state index in [0.29, 0.717) is 23.2 Å². The Morgan fingerprint density at radius 2 is 1.69 bits per heavy atom. The van der Waals surface area contributed by atoms with Gasteiger partial charge in [-0.3, -0.25) is 14.6 Å². The van der Waals surface area contributed by atoms with E-state index in [2.05, 4.69) is 15.6 Å².